The van der Waals surface area contributed by atoms with Crippen molar-refractivity contribution in [1.82, 2.24) is 0 Å². The molecule has 10 atom stereocenters. The van der Waals surface area contributed by atoms with Gasteiger partial charge in [0.05, 0.1) is 18.3 Å². The van der Waals surface area contributed by atoms with E-state index in [1.165, 1.54) is 6.42 Å². The van der Waals surface area contributed by atoms with E-state index in [-0.39, 0.29) is 18.3 Å². The molecule has 0 radical (unpaired) electrons. The molecular formula is C24H44O3. The van der Waals surface area contributed by atoms with Crippen LogP contribution in [0, 0.1) is 47.3 Å². The van der Waals surface area contributed by atoms with E-state index in [0.717, 1.165) is 51.4 Å². The Balaban J connectivity index is 1.60. The van der Waals surface area contributed by atoms with Gasteiger partial charge in [-0.1, -0.05) is 27.7 Å². The first-order valence-corrected chi connectivity index (χ1v) is 11.8. The summed E-state index contributed by atoms with van der Waals surface area (Å²) in [4.78, 5) is 0. The lowest BCUT2D eigenvalue weighted by Crippen LogP contribution is -2.45. The largest absolute Gasteiger partial charge is 0.393 e. The molecule has 0 aromatic carbocycles. The van der Waals surface area contributed by atoms with Crippen molar-refractivity contribution in [2.24, 2.45) is 47.3 Å². The van der Waals surface area contributed by atoms with Crippen molar-refractivity contribution in [1.29, 1.82) is 0 Å². The van der Waals surface area contributed by atoms with E-state index in [9.17, 15) is 15.3 Å². The zero-order chi connectivity index (χ0) is 19.7. The van der Waals surface area contributed by atoms with Gasteiger partial charge in [-0.3, -0.25) is 0 Å². The third-order valence-electron chi connectivity index (χ3n) is 8.76. The topological polar surface area (TPSA) is 60.7 Å². The molecule has 3 heteroatoms. The molecule has 0 aromatic heterocycles. The van der Waals surface area contributed by atoms with E-state index in [4.69, 9.17) is 0 Å². The Hall–Kier alpha value is -0.120. The Morgan fingerprint density at radius 2 is 0.963 bits per heavy atom. The van der Waals surface area contributed by atoms with Gasteiger partial charge in [-0.05, 0) is 105 Å². The molecule has 3 aliphatic carbocycles. The zero-order valence-electron chi connectivity index (χ0n) is 18.1. The van der Waals surface area contributed by atoms with Gasteiger partial charge in [0, 0.05) is 0 Å². The van der Waals surface area contributed by atoms with Crippen LogP contribution >= 0.6 is 0 Å². The summed E-state index contributed by atoms with van der Waals surface area (Å²) in [6.45, 7) is 9.06. The molecule has 27 heavy (non-hydrogen) atoms. The SMILES string of the molecule is CC1CC(CC2C(C)CC(C)C(CC3CCC(O)C(C)C3)C2O)CCC1O. The van der Waals surface area contributed by atoms with Crippen LogP contribution in [0.4, 0.5) is 0 Å². The molecule has 0 bridgehead atoms. The minimum atomic E-state index is -0.173. The third-order valence-corrected chi connectivity index (χ3v) is 8.76. The second kappa shape index (κ2) is 9.13. The van der Waals surface area contributed by atoms with Gasteiger partial charge >= 0.3 is 0 Å². The van der Waals surface area contributed by atoms with Crippen LogP contribution in [-0.2, 0) is 0 Å². The van der Waals surface area contributed by atoms with Crippen LogP contribution in [0.25, 0.3) is 0 Å². The van der Waals surface area contributed by atoms with Crippen LogP contribution in [0.15, 0.2) is 0 Å². The third kappa shape index (κ3) is 5.08. The highest BCUT2D eigenvalue weighted by molar-refractivity contribution is 4.93. The van der Waals surface area contributed by atoms with Crippen molar-refractivity contribution in [2.45, 2.75) is 104 Å². The van der Waals surface area contributed by atoms with Crippen molar-refractivity contribution in [3.8, 4) is 0 Å². The standard InChI is InChI=1S/C24H44O3/c1-14-9-15(2)21(13-19-6-8-23(26)17(4)11-19)24(27)20(14)12-18-5-7-22(25)16(3)10-18/h14-27H,5-13H2,1-4H3. The molecular weight excluding hydrogens is 336 g/mol. The van der Waals surface area contributed by atoms with Crippen LogP contribution in [0.5, 0.6) is 0 Å². The Morgan fingerprint density at radius 1 is 0.556 bits per heavy atom. The Kier molecular flexibility index (Phi) is 7.30. The monoisotopic (exact) mass is 380 g/mol. The van der Waals surface area contributed by atoms with Gasteiger partial charge in [-0.2, -0.15) is 0 Å². The summed E-state index contributed by atoms with van der Waals surface area (Å²) in [5.41, 5.74) is 0. The summed E-state index contributed by atoms with van der Waals surface area (Å²) in [6.07, 6.45) is 9.47. The Bertz CT molecular complexity index is 427. The van der Waals surface area contributed by atoms with Gasteiger partial charge in [0.1, 0.15) is 0 Å². The van der Waals surface area contributed by atoms with Crippen molar-refractivity contribution in [3.63, 3.8) is 0 Å². The smallest absolute Gasteiger partial charge is 0.0601 e. The van der Waals surface area contributed by atoms with Gasteiger partial charge in [-0.15, -0.1) is 0 Å². The number of aliphatic hydroxyl groups is 3. The molecule has 3 rings (SSSR count). The summed E-state index contributed by atoms with van der Waals surface area (Å²) in [6, 6.07) is 0. The Labute approximate surface area is 166 Å². The second-order valence-electron chi connectivity index (χ2n) is 10.9. The molecule has 0 heterocycles. The van der Waals surface area contributed by atoms with Crippen molar-refractivity contribution in [2.75, 3.05) is 0 Å². The average molecular weight is 381 g/mol. The molecule has 158 valence electrons. The van der Waals surface area contributed by atoms with Crippen molar-refractivity contribution < 1.29 is 15.3 Å². The fourth-order valence-corrected chi connectivity index (χ4v) is 6.85. The molecule has 0 spiro atoms. The molecule has 3 aliphatic rings. The van der Waals surface area contributed by atoms with Gasteiger partial charge in [0.25, 0.3) is 0 Å². The minimum absolute atomic E-state index is 0.119. The molecule has 3 nitrogen and oxygen atoms in total. The van der Waals surface area contributed by atoms with Crippen LogP contribution in [0.3, 0.4) is 0 Å². The molecule has 10 unspecified atom stereocenters. The average Bonchev–Trinajstić information content (AvgIpc) is 2.61. The predicted octanol–water partition coefficient (Wildman–Crippen LogP) is 4.63. The van der Waals surface area contributed by atoms with Gasteiger partial charge in [-0.25, -0.2) is 0 Å². The van der Waals surface area contributed by atoms with Crippen molar-refractivity contribution in [3.05, 3.63) is 0 Å². The van der Waals surface area contributed by atoms with E-state index < -0.39 is 0 Å². The minimum Gasteiger partial charge on any atom is -0.393 e. The molecule has 0 amide bonds. The summed E-state index contributed by atoms with van der Waals surface area (Å²) in [5.74, 6) is 4.19. The van der Waals surface area contributed by atoms with Gasteiger partial charge < -0.3 is 15.3 Å². The van der Waals surface area contributed by atoms with E-state index in [1.54, 1.807) is 0 Å². The molecule has 3 fully saturated rings. The maximum absolute atomic E-state index is 11.4. The van der Waals surface area contributed by atoms with Crippen LogP contribution in [0.2, 0.25) is 0 Å². The molecule has 3 saturated carbocycles. The molecule has 0 saturated heterocycles. The highest BCUT2D eigenvalue weighted by Crippen LogP contribution is 2.47. The van der Waals surface area contributed by atoms with Gasteiger partial charge in [0.2, 0.25) is 0 Å². The molecule has 3 N–H and O–H groups in total. The van der Waals surface area contributed by atoms with E-state index in [1.807, 2.05) is 0 Å². The summed E-state index contributed by atoms with van der Waals surface area (Å²) in [5, 5.41) is 31.4. The number of aliphatic hydroxyl groups excluding tert-OH is 3. The van der Waals surface area contributed by atoms with Gasteiger partial charge in [0.15, 0.2) is 0 Å². The maximum Gasteiger partial charge on any atom is 0.0601 e. The first-order chi connectivity index (χ1) is 12.8. The van der Waals surface area contributed by atoms with E-state index >= 15 is 0 Å². The normalized spacial score (nSPS) is 51.9. The first kappa shape index (κ1) is 21.6. The lowest BCUT2D eigenvalue weighted by Gasteiger charge is -2.47. The quantitative estimate of drug-likeness (QED) is 0.666. The van der Waals surface area contributed by atoms with E-state index in [0.29, 0.717) is 47.3 Å². The zero-order valence-corrected chi connectivity index (χ0v) is 18.1. The fraction of sp³-hybridized carbons (Fsp3) is 1.00. The second-order valence-corrected chi connectivity index (χ2v) is 10.9. The van der Waals surface area contributed by atoms with Crippen LogP contribution in [-0.4, -0.2) is 33.6 Å². The maximum atomic E-state index is 11.4. The summed E-state index contributed by atoms with van der Waals surface area (Å²) in [7, 11) is 0. The number of rotatable bonds is 4. The number of hydrogen-bond acceptors (Lipinski definition) is 3. The molecule has 0 aromatic rings. The molecule has 0 aliphatic heterocycles. The summed E-state index contributed by atoms with van der Waals surface area (Å²) < 4.78 is 0. The Morgan fingerprint density at radius 3 is 1.33 bits per heavy atom. The van der Waals surface area contributed by atoms with Crippen LogP contribution < -0.4 is 0 Å². The summed E-state index contributed by atoms with van der Waals surface area (Å²) >= 11 is 0. The van der Waals surface area contributed by atoms with Crippen LogP contribution in [0.1, 0.15) is 85.5 Å². The lowest BCUT2D eigenvalue weighted by molar-refractivity contribution is -0.0652. The number of hydrogen-bond donors (Lipinski definition) is 3. The predicted molar refractivity (Wildman–Crippen MR) is 110 cm³/mol. The first-order valence-electron chi connectivity index (χ1n) is 11.8. The van der Waals surface area contributed by atoms with Crippen molar-refractivity contribution >= 4 is 0 Å². The highest BCUT2D eigenvalue weighted by atomic mass is 16.3. The lowest BCUT2D eigenvalue weighted by atomic mass is 9.61. The fourth-order valence-electron chi connectivity index (χ4n) is 6.85. The highest BCUT2D eigenvalue weighted by Gasteiger charge is 2.43. The van der Waals surface area contributed by atoms with E-state index in [2.05, 4.69) is 27.7 Å².